The molecule has 0 aromatic rings. The van der Waals surface area contributed by atoms with Gasteiger partial charge in [-0.15, -0.1) is 0 Å². The summed E-state index contributed by atoms with van der Waals surface area (Å²) in [6.07, 6.45) is -107. The summed E-state index contributed by atoms with van der Waals surface area (Å²) in [7, 11) is 0. The smallest absolute Gasteiger partial charge is 0.217 e. The Morgan fingerprint density at radius 3 is 0.868 bits per heavy atom. The minimum atomic E-state index is -2.67. The molecule has 0 spiro atoms. The summed E-state index contributed by atoms with van der Waals surface area (Å²) < 4.78 is 127. The highest BCUT2D eigenvalue weighted by molar-refractivity contribution is 5.75. The van der Waals surface area contributed by atoms with Gasteiger partial charge in [-0.2, -0.15) is 0 Å². The van der Waals surface area contributed by atoms with Crippen molar-refractivity contribution < 1.29 is 272 Å². The standard InChI is InChI=1S/C76H127N5O55/c1-17-38(96)50(108)54(112)71(117-17)136-65-62(133-67-34(78-19(3)92)45(103)39(97)23(7-82)119-67)43(101)27(11-86)123-76(65)131-60-31(15-90)126-70(37(49(60)107)81-22(6)95)135-64-53(111)42(100)26(10-85)122-75(64)132-61-44(102)32(127-73(56(61)114)130-59-30(14-89)124-68(35(47(59)105)79-20(4)93)128-57-28(12-87)118-66(115)33(46(57)104)77-18(2)91)16-116-74-63(52(110)41(99)25(9-84)121-74)134-69-36(80-21(5)94)48(106)58(29(13-88)125-69)129-72-55(113)51(109)40(98)24(8-83)120-72/h17,23-76,82-90,96-115H,7-16H2,1-6H3,(H,77,91)(H,78,92)(H,79,93)(H,80,94)(H,81,95)/t17-,23+,24+,25+,26+,27+,28+,29+,30+,31+,32+,33+,34+,35+,36+,37+,38+,39-,40-,41+,42+,43-,44+,45+,46+,47+,48+,49+,50+,51-,52-,53-,54-,55+,56-,57+,58+,59+,60+,61-,62-,63-,64-,65+,66?,67+,68-,69-,70-,71-,72-,73-,74-,75+,76-/m0/s1. The number of rotatable bonds is 35. The Labute approximate surface area is 770 Å². The van der Waals surface area contributed by atoms with E-state index >= 15 is 0 Å². The van der Waals surface area contributed by atoms with Gasteiger partial charge in [-0.25, -0.2) is 0 Å². The van der Waals surface area contributed by atoms with Gasteiger partial charge in [-0.1, -0.05) is 0 Å². The molecule has 60 nitrogen and oxygen atoms in total. The molecule has 11 rings (SSSR count). The van der Waals surface area contributed by atoms with Gasteiger partial charge in [0.15, 0.2) is 69.2 Å². The Hall–Kier alpha value is -4.65. The average molecular weight is 1990 g/mol. The van der Waals surface area contributed by atoms with E-state index in [-0.39, 0.29) is 0 Å². The van der Waals surface area contributed by atoms with E-state index in [0.29, 0.717) is 0 Å². The lowest BCUT2D eigenvalue weighted by atomic mass is 9.93. The number of hydrogen-bond acceptors (Lipinski definition) is 55. The van der Waals surface area contributed by atoms with Crippen LogP contribution in [0, 0.1) is 0 Å². The second-order valence-electron chi connectivity index (χ2n) is 34.5. The molecule has 0 bridgehead atoms. The van der Waals surface area contributed by atoms with Crippen molar-refractivity contribution in [3.63, 3.8) is 0 Å². The Bertz CT molecular complexity index is 3760. The van der Waals surface area contributed by atoms with Crippen molar-refractivity contribution >= 4 is 29.5 Å². The van der Waals surface area contributed by atoms with Crippen LogP contribution < -0.4 is 26.6 Å². The van der Waals surface area contributed by atoms with Gasteiger partial charge >= 0.3 is 0 Å². The molecule has 11 fully saturated rings. The molecule has 0 aromatic heterocycles. The van der Waals surface area contributed by atoms with Gasteiger partial charge in [0.1, 0.15) is 262 Å². The summed E-state index contributed by atoms with van der Waals surface area (Å²) in [6, 6.07) is -9.60. The Morgan fingerprint density at radius 1 is 0.206 bits per heavy atom. The summed E-state index contributed by atoms with van der Waals surface area (Å²) in [5.41, 5.74) is 0. The van der Waals surface area contributed by atoms with Crippen LogP contribution in [0.1, 0.15) is 41.5 Å². The Balaban J connectivity index is 0.931. The molecule has 11 saturated heterocycles. The quantitative estimate of drug-likeness (QED) is 0.0280. The van der Waals surface area contributed by atoms with Crippen LogP contribution >= 0.6 is 0 Å². The highest BCUT2D eigenvalue weighted by atomic mass is 16.8. The minimum absolute atomic E-state index is 0.815. The van der Waals surface area contributed by atoms with Crippen molar-refractivity contribution in [2.45, 2.75) is 379 Å². The zero-order chi connectivity index (χ0) is 100. The fraction of sp³-hybridized carbons (Fsp3) is 0.934. The number of aliphatic hydroxyl groups excluding tert-OH is 29. The number of aliphatic hydroxyl groups is 29. The molecule has 60 heteroatoms. The second kappa shape index (κ2) is 48.8. The molecule has 34 N–H and O–H groups in total. The van der Waals surface area contributed by atoms with Crippen molar-refractivity contribution in [3.8, 4) is 0 Å². The van der Waals surface area contributed by atoms with E-state index in [4.69, 9.17) is 99.5 Å². The lowest BCUT2D eigenvalue weighted by Gasteiger charge is -2.52. The molecule has 11 heterocycles. The third-order valence-corrected chi connectivity index (χ3v) is 25.0. The predicted octanol–water partition coefficient (Wildman–Crippen LogP) is -23.2. The van der Waals surface area contributed by atoms with Gasteiger partial charge in [0, 0.05) is 34.6 Å². The van der Waals surface area contributed by atoms with Crippen molar-refractivity contribution in [3.05, 3.63) is 0 Å². The van der Waals surface area contributed by atoms with Crippen LogP contribution in [0.5, 0.6) is 0 Å². The summed E-state index contributed by atoms with van der Waals surface area (Å²) in [6.45, 7) is -5.73. The van der Waals surface area contributed by atoms with Gasteiger partial charge < -0.3 is 274 Å². The van der Waals surface area contributed by atoms with E-state index in [1.807, 2.05) is 0 Å². The third-order valence-electron chi connectivity index (χ3n) is 25.0. The number of amides is 5. The van der Waals surface area contributed by atoms with E-state index in [2.05, 4.69) is 26.6 Å². The molecule has 11 aliphatic rings. The first-order chi connectivity index (χ1) is 64.3. The monoisotopic (exact) mass is 1990 g/mol. The largest absolute Gasteiger partial charge is 0.394 e. The molecular weight excluding hydrogens is 1860 g/mol. The molecular formula is C76H127N5O55. The first kappa shape index (κ1) is 112. The molecule has 0 saturated carbocycles. The number of hydrogen-bond donors (Lipinski definition) is 34. The molecule has 11 aliphatic heterocycles. The van der Waals surface area contributed by atoms with Gasteiger partial charge in [-0.05, 0) is 6.92 Å². The van der Waals surface area contributed by atoms with Gasteiger partial charge in [-0.3, -0.25) is 24.0 Å². The lowest BCUT2D eigenvalue weighted by molar-refractivity contribution is -0.406. The van der Waals surface area contributed by atoms with Crippen LogP contribution in [-0.4, -0.2) is 581 Å². The van der Waals surface area contributed by atoms with E-state index < -0.39 is 433 Å². The fourth-order valence-corrected chi connectivity index (χ4v) is 17.7. The molecule has 1 unspecified atom stereocenters. The average Bonchev–Trinajstić information content (AvgIpc) is 0.761. The topological polar surface area (TPSA) is 926 Å². The highest BCUT2D eigenvalue weighted by Gasteiger charge is 2.63. The van der Waals surface area contributed by atoms with Crippen LogP contribution in [0.25, 0.3) is 0 Å². The predicted molar refractivity (Wildman–Crippen MR) is 419 cm³/mol. The lowest BCUT2D eigenvalue weighted by Crippen LogP contribution is -2.71. The molecule has 136 heavy (non-hydrogen) atoms. The highest BCUT2D eigenvalue weighted by Crippen LogP contribution is 2.43. The van der Waals surface area contributed by atoms with E-state index in [9.17, 15) is 172 Å². The maximum absolute atomic E-state index is 13.5. The first-order valence-corrected chi connectivity index (χ1v) is 43.5. The van der Waals surface area contributed by atoms with Crippen molar-refractivity contribution in [2.75, 3.05) is 66.1 Å². The van der Waals surface area contributed by atoms with Gasteiger partial charge in [0.25, 0.3) is 0 Å². The van der Waals surface area contributed by atoms with Crippen molar-refractivity contribution in [1.82, 2.24) is 26.6 Å². The zero-order valence-corrected chi connectivity index (χ0v) is 73.4. The normalized spacial score (nSPS) is 49.2. The number of ether oxygens (including phenoxy) is 21. The molecule has 0 radical (unpaired) electrons. The molecule has 5 amide bonds. The van der Waals surface area contributed by atoms with Crippen LogP contribution in [-0.2, 0) is 123 Å². The third kappa shape index (κ3) is 24.6. The summed E-state index contributed by atoms with van der Waals surface area (Å²) in [5, 5.41) is 339. The summed E-state index contributed by atoms with van der Waals surface area (Å²) in [4.78, 5) is 64.5. The molecule has 786 valence electrons. The number of nitrogens with one attached hydrogen (secondary N) is 5. The van der Waals surface area contributed by atoms with Crippen molar-refractivity contribution in [2.24, 2.45) is 0 Å². The van der Waals surface area contributed by atoms with E-state index in [1.54, 1.807) is 0 Å². The molecule has 55 atom stereocenters. The SMILES string of the molecule is CC(=O)N[C@H]1[C@H](O[C@H]2[C@H](O)[C@@H](NC(C)=O)C(O)O[C@@H]2CO)O[C@H](CO)[C@@H](O[C@@H]2O[C@H](CO[C@H]3O[C@H](CO)[C@@H](O)[C@H](O)[C@@H]3O[C@@H]3O[C@H](CO)[C@@H](O[C@@H]4O[C@H](CO)[C@H](O)[C@H](O)[C@H]4O)[C@H](O)[C@H]3NC(C)=O)[C@@H](O)[C@H](O[C@H]3O[C@H](CO)[C@@H](O)[C@H](O)[C@@H]3O[C@@H]3O[C@H](CO)[C@@H](O[C@@H]4O[C@H](CO)[C@H](O)[C@H](O[C@H]5O[C@H](CO)[C@H](O)[C@H](O)[C@H]5NC(C)=O)[C@H]4O[C@@H]4O[C@@H](C)[C@@H](O)[C@@H](O)[C@@H]4O)[C@H](O)[C@H]3NC(C)=O)[C@@H]2O)[C@@H]1O. The maximum Gasteiger partial charge on any atom is 0.217 e. The van der Waals surface area contributed by atoms with Gasteiger partial charge in [0.05, 0.1) is 72.2 Å². The summed E-state index contributed by atoms with van der Waals surface area (Å²) >= 11 is 0. The van der Waals surface area contributed by atoms with Gasteiger partial charge in [0.2, 0.25) is 29.5 Å². The second-order valence-corrected chi connectivity index (χ2v) is 34.5. The van der Waals surface area contributed by atoms with Crippen LogP contribution in [0.15, 0.2) is 0 Å². The fourth-order valence-electron chi connectivity index (χ4n) is 17.7. The molecule has 0 aliphatic carbocycles. The number of carbonyl (C=O) groups is 5. The van der Waals surface area contributed by atoms with E-state index in [1.165, 1.54) is 6.92 Å². The summed E-state index contributed by atoms with van der Waals surface area (Å²) in [5.74, 6) is -4.71. The maximum atomic E-state index is 13.5. The van der Waals surface area contributed by atoms with E-state index in [0.717, 1.165) is 34.6 Å². The van der Waals surface area contributed by atoms with Crippen molar-refractivity contribution in [1.29, 1.82) is 0 Å². The minimum Gasteiger partial charge on any atom is -0.394 e. The van der Waals surface area contributed by atoms with Crippen LogP contribution in [0.3, 0.4) is 0 Å². The first-order valence-electron chi connectivity index (χ1n) is 43.5. The van der Waals surface area contributed by atoms with Crippen LogP contribution in [0.2, 0.25) is 0 Å². The number of carbonyl (C=O) groups excluding carboxylic acids is 5. The Morgan fingerprint density at radius 2 is 0.456 bits per heavy atom. The van der Waals surface area contributed by atoms with Crippen LogP contribution in [0.4, 0.5) is 0 Å². The molecule has 0 aromatic carbocycles. The Kier molecular flexibility index (Phi) is 40.1. The zero-order valence-electron chi connectivity index (χ0n) is 73.4.